The van der Waals surface area contributed by atoms with Crippen molar-refractivity contribution in [2.24, 2.45) is 5.16 Å². The summed E-state index contributed by atoms with van der Waals surface area (Å²) in [4.78, 5) is 59.2. The maximum atomic E-state index is 13.8. The number of benzene rings is 2. The molecule has 2 atom stereocenters. The Morgan fingerprint density at radius 2 is 1.76 bits per heavy atom. The lowest BCUT2D eigenvalue weighted by Gasteiger charge is -2.49. The summed E-state index contributed by atoms with van der Waals surface area (Å²) in [6.07, 6.45) is 2.12. The normalized spacial score (nSPS) is 18.0. The summed E-state index contributed by atoms with van der Waals surface area (Å²) >= 11 is 2.21. The maximum Gasteiger partial charge on any atom is 0.356 e. The molecule has 14 heteroatoms. The van der Waals surface area contributed by atoms with Gasteiger partial charge in [-0.25, -0.2) is 9.59 Å². The molecule has 2 aromatic carbocycles. The Morgan fingerprint density at radius 3 is 2.33 bits per heavy atom. The Hall–Kier alpha value is -4.82. The van der Waals surface area contributed by atoms with E-state index in [1.807, 2.05) is 60.7 Å². The zero-order valence-electron chi connectivity index (χ0n) is 25.2. The average Bonchev–Trinajstić information content (AvgIpc) is 3.58. The second-order valence-electron chi connectivity index (χ2n) is 11.1. The summed E-state index contributed by atoms with van der Waals surface area (Å²) in [6, 6.07) is 17.6. The Kier molecular flexibility index (Phi) is 9.97. The van der Waals surface area contributed by atoms with E-state index >= 15 is 0 Å². The van der Waals surface area contributed by atoms with Crippen molar-refractivity contribution in [2.45, 2.75) is 43.9 Å². The monoisotopic (exact) mass is 661 g/mol. The number of fused-ring (bicyclic) bond motifs is 1. The number of carbonyl (C=O) groups is 4. The number of nitrogens with one attached hydrogen (secondary N) is 1. The highest BCUT2D eigenvalue weighted by Crippen LogP contribution is 2.42. The van der Waals surface area contributed by atoms with Crippen LogP contribution >= 0.6 is 23.5 Å². The van der Waals surface area contributed by atoms with Gasteiger partial charge in [0.1, 0.15) is 28.4 Å². The van der Waals surface area contributed by atoms with Crippen LogP contribution < -0.4 is 5.32 Å². The van der Waals surface area contributed by atoms with Gasteiger partial charge in [-0.05, 0) is 37.5 Å². The molecule has 2 aliphatic rings. The molecular weight excluding hydrogens is 631 g/mol. The van der Waals surface area contributed by atoms with Crippen LogP contribution in [0.25, 0.3) is 0 Å². The molecule has 238 valence electrons. The first-order valence-electron chi connectivity index (χ1n) is 14.2. The van der Waals surface area contributed by atoms with E-state index in [1.165, 1.54) is 28.9 Å². The standard InChI is InChI=1S/C32H31N5O7S2/c1-5-19-18-45-30-25(34-28(39)24(22-16-33-46-36-22)35-42-17-23(38)44-32(2,3)4)29(40)37(30)26(19)31(41)43-27(20-12-8-6-9-13-20)21-14-10-7-11-15-21/h5-16,25,27,30H,1,17-18H2,2-4H3,(H,34,39)/t25?,30-/m1/s1. The second-order valence-corrected chi connectivity index (χ2v) is 12.8. The van der Waals surface area contributed by atoms with Crippen molar-refractivity contribution in [1.82, 2.24) is 19.0 Å². The average molecular weight is 662 g/mol. The summed E-state index contributed by atoms with van der Waals surface area (Å²) in [5.74, 6) is -2.31. The van der Waals surface area contributed by atoms with E-state index in [-0.39, 0.29) is 17.1 Å². The molecule has 1 aromatic heterocycles. The lowest BCUT2D eigenvalue weighted by molar-refractivity contribution is -0.160. The molecule has 5 rings (SSSR count). The number of esters is 2. The van der Waals surface area contributed by atoms with Gasteiger partial charge in [-0.15, -0.1) is 11.8 Å². The Balaban J connectivity index is 1.32. The first-order chi connectivity index (χ1) is 22.1. The van der Waals surface area contributed by atoms with Gasteiger partial charge in [-0.3, -0.25) is 14.5 Å². The molecule has 2 amide bonds. The lowest BCUT2D eigenvalue weighted by Crippen LogP contribution is -2.71. The fourth-order valence-electron chi connectivity index (χ4n) is 4.74. The van der Waals surface area contributed by atoms with E-state index in [4.69, 9.17) is 14.3 Å². The van der Waals surface area contributed by atoms with Crippen LogP contribution in [0.15, 0.2) is 95.9 Å². The zero-order chi connectivity index (χ0) is 32.8. The van der Waals surface area contributed by atoms with Gasteiger partial charge < -0.3 is 19.6 Å². The number of thioether (sulfide) groups is 1. The molecule has 1 fully saturated rings. The van der Waals surface area contributed by atoms with Crippen LogP contribution in [0.3, 0.4) is 0 Å². The van der Waals surface area contributed by atoms with Crippen molar-refractivity contribution in [3.05, 3.63) is 108 Å². The van der Waals surface area contributed by atoms with Gasteiger partial charge in [0.25, 0.3) is 11.8 Å². The van der Waals surface area contributed by atoms with Crippen LogP contribution in [0.1, 0.15) is 43.7 Å². The van der Waals surface area contributed by atoms with Crippen LogP contribution in [0.4, 0.5) is 0 Å². The van der Waals surface area contributed by atoms with Crippen molar-refractivity contribution >= 4 is 53.0 Å². The molecular formula is C32H31N5O7S2. The molecule has 1 saturated heterocycles. The molecule has 46 heavy (non-hydrogen) atoms. The van der Waals surface area contributed by atoms with Gasteiger partial charge in [0.05, 0.1) is 17.9 Å². The van der Waals surface area contributed by atoms with Gasteiger partial charge in [-0.1, -0.05) is 78.5 Å². The van der Waals surface area contributed by atoms with Gasteiger partial charge >= 0.3 is 11.9 Å². The minimum absolute atomic E-state index is 0.0735. The highest BCUT2D eigenvalue weighted by atomic mass is 32.2. The van der Waals surface area contributed by atoms with Crippen LogP contribution in [-0.2, 0) is 33.5 Å². The fraction of sp³-hybridized carbons (Fsp3) is 0.281. The number of hydrogen-bond donors (Lipinski definition) is 1. The number of nitrogens with zero attached hydrogens (tertiary/aromatic N) is 4. The van der Waals surface area contributed by atoms with Gasteiger partial charge in [0.15, 0.2) is 11.8 Å². The molecule has 3 aromatic rings. The van der Waals surface area contributed by atoms with Crippen LogP contribution in [0, 0.1) is 0 Å². The quantitative estimate of drug-likeness (QED) is 0.139. The number of oxime groups is 1. The molecule has 0 spiro atoms. The Bertz CT molecular complexity index is 1630. The molecule has 0 saturated carbocycles. The third-order valence-corrected chi connectivity index (χ3v) is 8.51. The first-order valence-corrected chi connectivity index (χ1v) is 16.0. The van der Waals surface area contributed by atoms with E-state index in [0.29, 0.717) is 11.3 Å². The molecule has 1 unspecified atom stereocenters. The van der Waals surface area contributed by atoms with E-state index in [1.54, 1.807) is 20.8 Å². The van der Waals surface area contributed by atoms with E-state index in [2.05, 4.69) is 25.8 Å². The highest BCUT2D eigenvalue weighted by Gasteiger charge is 2.54. The summed E-state index contributed by atoms with van der Waals surface area (Å²) in [6.45, 7) is 8.41. The number of hydrogen-bond acceptors (Lipinski definition) is 12. The highest BCUT2D eigenvalue weighted by molar-refractivity contribution is 8.00. The number of carbonyl (C=O) groups excluding carboxylic acids is 4. The molecule has 3 heterocycles. The number of rotatable bonds is 11. The minimum Gasteiger partial charge on any atom is -0.457 e. The van der Waals surface area contributed by atoms with Gasteiger partial charge in [-0.2, -0.15) is 8.75 Å². The zero-order valence-corrected chi connectivity index (χ0v) is 26.9. The second kappa shape index (κ2) is 14.1. The number of allylic oxidation sites excluding steroid dienone is 1. The van der Waals surface area contributed by atoms with Crippen molar-refractivity contribution in [1.29, 1.82) is 0 Å². The predicted molar refractivity (Wildman–Crippen MR) is 171 cm³/mol. The number of ether oxygens (including phenoxy) is 2. The summed E-state index contributed by atoms with van der Waals surface area (Å²) in [5.41, 5.74) is 1.23. The molecule has 0 aliphatic carbocycles. The SMILES string of the molecule is C=CC1=C(C(=O)OC(c2ccccc2)c2ccccc2)N2C(=O)C(NC(=O)C(=NOCC(=O)OC(C)(C)C)c3cnsn3)[C@H]2SC1. The smallest absolute Gasteiger partial charge is 0.356 e. The third kappa shape index (κ3) is 7.35. The Morgan fingerprint density at radius 1 is 1.11 bits per heavy atom. The van der Waals surface area contributed by atoms with Gasteiger partial charge in [0.2, 0.25) is 6.61 Å². The topological polar surface area (TPSA) is 149 Å². The Labute approximate surface area is 273 Å². The molecule has 1 N–H and O–H groups in total. The van der Waals surface area contributed by atoms with E-state index in [9.17, 15) is 19.2 Å². The maximum absolute atomic E-state index is 13.8. The summed E-state index contributed by atoms with van der Waals surface area (Å²) in [7, 11) is 0. The van der Waals surface area contributed by atoms with Crippen molar-refractivity contribution in [2.75, 3.05) is 12.4 Å². The van der Waals surface area contributed by atoms with Crippen molar-refractivity contribution in [3.8, 4) is 0 Å². The predicted octanol–water partition coefficient (Wildman–Crippen LogP) is 3.77. The lowest BCUT2D eigenvalue weighted by atomic mass is 10.0. The molecule has 0 bridgehead atoms. The van der Waals surface area contributed by atoms with E-state index in [0.717, 1.165) is 22.9 Å². The van der Waals surface area contributed by atoms with Crippen LogP contribution in [0.2, 0.25) is 0 Å². The minimum atomic E-state index is -0.992. The summed E-state index contributed by atoms with van der Waals surface area (Å²) < 4.78 is 19.2. The number of amides is 2. The number of β-lactam (4-membered cyclic amide) rings is 1. The van der Waals surface area contributed by atoms with Crippen LogP contribution in [-0.4, -0.2) is 72.5 Å². The summed E-state index contributed by atoms with van der Waals surface area (Å²) in [5, 5.41) is 5.88. The first kappa shape index (κ1) is 32.6. The fourth-order valence-corrected chi connectivity index (χ4v) is 6.50. The third-order valence-electron chi connectivity index (χ3n) is 6.73. The largest absolute Gasteiger partial charge is 0.457 e. The van der Waals surface area contributed by atoms with E-state index < -0.39 is 53.5 Å². The van der Waals surface area contributed by atoms with Gasteiger partial charge in [0, 0.05) is 5.75 Å². The van der Waals surface area contributed by atoms with Crippen molar-refractivity contribution in [3.63, 3.8) is 0 Å². The molecule has 12 nitrogen and oxygen atoms in total. The molecule has 0 radical (unpaired) electrons. The molecule has 2 aliphatic heterocycles. The number of aromatic nitrogens is 2. The van der Waals surface area contributed by atoms with Crippen LogP contribution in [0.5, 0.6) is 0 Å². The van der Waals surface area contributed by atoms with Crippen molar-refractivity contribution < 1.29 is 33.5 Å².